The van der Waals surface area contributed by atoms with Crippen molar-refractivity contribution in [2.24, 2.45) is 0 Å². The SMILES string of the molecule is COCCCC(CCCOC)(OCOC)C(=O)c1cccc2cc3cccc(C(=O)C(CCCOC)(CCCOC)OCOC)c3cc12. The summed E-state index contributed by atoms with van der Waals surface area (Å²) >= 11 is 0. The molecule has 0 radical (unpaired) electrons. The molecule has 0 atom stereocenters. The van der Waals surface area contributed by atoms with Crippen LogP contribution in [0.1, 0.15) is 72.1 Å². The second-order valence-corrected chi connectivity index (χ2v) is 12.0. The Morgan fingerprint density at radius 1 is 0.500 bits per heavy atom. The summed E-state index contributed by atoms with van der Waals surface area (Å²) in [5.74, 6) is -0.283. The van der Waals surface area contributed by atoms with Crippen LogP contribution >= 0.6 is 0 Å². The second kappa shape index (κ2) is 20.7. The molecular weight excluding hydrogens is 616 g/mol. The summed E-state index contributed by atoms with van der Waals surface area (Å²) in [6.45, 7) is 1.89. The van der Waals surface area contributed by atoms with Crippen LogP contribution in [0.2, 0.25) is 0 Å². The van der Waals surface area contributed by atoms with Gasteiger partial charge in [-0.1, -0.05) is 36.4 Å². The third-order valence-electron chi connectivity index (χ3n) is 8.82. The van der Waals surface area contributed by atoms with Crippen LogP contribution in [0.5, 0.6) is 0 Å². The van der Waals surface area contributed by atoms with Gasteiger partial charge in [0.05, 0.1) is 0 Å². The maximum Gasteiger partial charge on any atom is 0.195 e. The molecule has 0 aliphatic carbocycles. The molecule has 10 heteroatoms. The molecule has 0 aliphatic rings. The topological polar surface area (TPSA) is 108 Å². The number of Topliss-reactive ketones (excluding diaryl/α,β-unsaturated/α-hetero) is 2. The average Bonchev–Trinajstić information content (AvgIpc) is 3.10. The zero-order valence-electron chi connectivity index (χ0n) is 29.6. The van der Waals surface area contributed by atoms with Gasteiger partial charge in [0, 0.05) is 80.2 Å². The number of ether oxygens (including phenoxy) is 8. The molecule has 0 fully saturated rings. The zero-order valence-corrected chi connectivity index (χ0v) is 29.6. The number of hydrogen-bond donors (Lipinski definition) is 0. The highest BCUT2D eigenvalue weighted by Crippen LogP contribution is 2.37. The van der Waals surface area contributed by atoms with Crippen molar-refractivity contribution < 1.29 is 47.5 Å². The summed E-state index contributed by atoms with van der Waals surface area (Å²) in [5, 5.41) is 3.24. The summed E-state index contributed by atoms with van der Waals surface area (Å²) in [6.07, 6.45) is 4.29. The molecule has 0 bridgehead atoms. The Morgan fingerprint density at radius 3 is 1.17 bits per heavy atom. The van der Waals surface area contributed by atoms with Gasteiger partial charge in [-0.3, -0.25) is 9.59 Å². The van der Waals surface area contributed by atoms with E-state index < -0.39 is 11.2 Å². The van der Waals surface area contributed by atoms with E-state index in [9.17, 15) is 9.59 Å². The molecule has 3 rings (SSSR count). The number of hydrogen-bond acceptors (Lipinski definition) is 10. The molecule has 0 saturated heterocycles. The predicted molar refractivity (Wildman–Crippen MR) is 186 cm³/mol. The molecule has 266 valence electrons. The van der Waals surface area contributed by atoms with Crippen LogP contribution in [0.25, 0.3) is 21.5 Å². The Hall–Kier alpha value is -2.80. The van der Waals surface area contributed by atoms with Crippen molar-refractivity contribution in [3.63, 3.8) is 0 Å². The van der Waals surface area contributed by atoms with E-state index in [1.54, 1.807) is 42.7 Å². The number of benzene rings is 3. The van der Waals surface area contributed by atoms with E-state index in [1.807, 2.05) is 48.5 Å². The Kier molecular flexibility index (Phi) is 17.1. The average molecular weight is 671 g/mol. The third kappa shape index (κ3) is 10.1. The highest BCUT2D eigenvalue weighted by atomic mass is 16.7. The molecule has 0 saturated carbocycles. The van der Waals surface area contributed by atoms with Crippen molar-refractivity contribution in [1.29, 1.82) is 0 Å². The number of methoxy groups -OCH3 is 6. The number of rotatable bonds is 26. The van der Waals surface area contributed by atoms with Gasteiger partial charge in [0.2, 0.25) is 0 Å². The first-order valence-corrected chi connectivity index (χ1v) is 16.6. The Labute approximate surface area is 285 Å². The molecule has 0 heterocycles. The Morgan fingerprint density at radius 2 is 0.854 bits per heavy atom. The molecule has 3 aromatic carbocycles. The van der Waals surface area contributed by atoms with E-state index >= 15 is 0 Å². The van der Waals surface area contributed by atoms with Gasteiger partial charge in [-0.05, 0) is 85.0 Å². The van der Waals surface area contributed by atoms with Crippen LogP contribution in [-0.4, -0.2) is 105 Å². The van der Waals surface area contributed by atoms with Gasteiger partial charge >= 0.3 is 0 Å². The zero-order chi connectivity index (χ0) is 34.8. The molecule has 0 amide bonds. The van der Waals surface area contributed by atoms with E-state index in [2.05, 4.69) is 0 Å². The van der Waals surface area contributed by atoms with Crippen molar-refractivity contribution >= 4 is 33.1 Å². The summed E-state index contributed by atoms with van der Waals surface area (Å²) < 4.78 is 44.5. The van der Waals surface area contributed by atoms with E-state index in [0.717, 1.165) is 21.5 Å². The maximum atomic E-state index is 14.7. The minimum atomic E-state index is -1.16. The number of carbonyl (C=O) groups is 2. The lowest BCUT2D eigenvalue weighted by atomic mass is 9.81. The standard InChI is InChI=1S/C38H54O10/c1-41-21-9-17-37(47-27-45-5,18-10-22-42-2)35(39)31-15-7-13-29-25-30-14-8-16-32(34(30)26-33(29)31)36(40)38(48-28-46-6,19-11-23-43-3)20-12-24-44-4/h7-8,13-16,25-26H,9-12,17-24,27-28H2,1-6H3. The van der Waals surface area contributed by atoms with E-state index in [4.69, 9.17) is 37.9 Å². The van der Waals surface area contributed by atoms with Crippen LogP contribution in [-0.2, 0) is 37.9 Å². The van der Waals surface area contributed by atoms with E-state index in [-0.39, 0.29) is 25.2 Å². The molecule has 0 aliphatic heterocycles. The molecule has 0 unspecified atom stereocenters. The quantitative estimate of drug-likeness (QED) is 0.0392. The van der Waals surface area contributed by atoms with Crippen molar-refractivity contribution in [2.45, 2.75) is 62.6 Å². The van der Waals surface area contributed by atoms with Crippen molar-refractivity contribution in [3.8, 4) is 0 Å². The van der Waals surface area contributed by atoms with Gasteiger partial charge in [0.25, 0.3) is 0 Å². The first-order chi connectivity index (χ1) is 23.4. The molecule has 3 aromatic rings. The predicted octanol–water partition coefficient (Wildman–Crippen LogP) is 6.78. The summed E-state index contributed by atoms with van der Waals surface area (Å²) in [6, 6.07) is 15.4. The fourth-order valence-electron chi connectivity index (χ4n) is 6.41. The lowest BCUT2D eigenvalue weighted by Crippen LogP contribution is -2.43. The van der Waals surface area contributed by atoms with Crippen LogP contribution in [0.4, 0.5) is 0 Å². The van der Waals surface area contributed by atoms with Crippen LogP contribution in [0.3, 0.4) is 0 Å². The van der Waals surface area contributed by atoms with Crippen LogP contribution in [0.15, 0.2) is 48.5 Å². The normalized spacial score (nSPS) is 12.3. The first-order valence-electron chi connectivity index (χ1n) is 16.6. The highest BCUT2D eigenvalue weighted by Gasteiger charge is 2.41. The molecule has 0 spiro atoms. The summed E-state index contributed by atoms with van der Waals surface area (Å²) in [4.78, 5) is 29.4. The number of ketones is 2. The fourth-order valence-corrected chi connectivity index (χ4v) is 6.41. The van der Waals surface area contributed by atoms with Crippen molar-refractivity contribution in [1.82, 2.24) is 0 Å². The Balaban J connectivity index is 2.21. The fraction of sp³-hybridized carbons (Fsp3) is 0.579. The van der Waals surface area contributed by atoms with Gasteiger partial charge < -0.3 is 37.9 Å². The molecule has 10 nitrogen and oxygen atoms in total. The van der Waals surface area contributed by atoms with Crippen LogP contribution in [0, 0.1) is 0 Å². The Bertz CT molecular complexity index is 1300. The largest absolute Gasteiger partial charge is 0.385 e. The van der Waals surface area contributed by atoms with Crippen LogP contribution < -0.4 is 0 Å². The van der Waals surface area contributed by atoms with E-state index in [0.29, 0.717) is 88.9 Å². The summed E-state index contributed by atoms with van der Waals surface area (Å²) in [7, 11) is 9.66. The number of fused-ring (bicyclic) bond motifs is 2. The van der Waals surface area contributed by atoms with Gasteiger partial charge in [-0.2, -0.15) is 0 Å². The van der Waals surface area contributed by atoms with E-state index in [1.165, 1.54) is 0 Å². The first kappa shape index (κ1) is 39.6. The van der Waals surface area contributed by atoms with Gasteiger partial charge in [-0.25, -0.2) is 0 Å². The molecule has 0 N–H and O–H groups in total. The van der Waals surface area contributed by atoms with Crippen molar-refractivity contribution in [2.75, 3.05) is 82.7 Å². The summed E-state index contributed by atoms with van der Waals surface area (Å²) in [5.41, 5.74) is -1.27. The molecule has 48 heavy (non-hydrogen) atoms. The molecular formula is C38H54O10. The lowest BCUT2D eigenvalue weighted by Gasteiger charge is -2.33. The lowest BCUT2D eigenvalue weighted by molar-refractivity contribution is -0.119. The molecule has 0 aromatic heterocycles. The van der Waals surface area contributed by atoms with Gasteiger partial charge in [0.15, 0.2) is 11.6 Å². The van der Waals surface area contributed by atoms with Gasteiger partial charge in [0.1, 0.15) is 24.8 Å². The smallest absolute Gasteiger partial charge is 0.195 e. The number of carbonyl (C=O) groups excluding carboxylic acids is 2. The minimum Gasteiger partial charge on any atom is -0.385 e. The third-order valence-corrected chi connectivity index (χ3v) is 8.82. The van der Waals surface area contributed by atoms with Gasteiger partial charge in [-0.15, -0.1) is 0 Å². The maximum absolute atomic E-state index is 14.7. The highest BCUT2D eigenvalue weighted by molar-refractivity contribution is 6.18. The van der Waals surface area contributed by atoms with Crippen molar-refractivity contribution in [3.05, 3.63) is 59.7 Å². The second-order valence-electron chi connectivity index (χ2n) is 12.0. The monoisotopic (exact) mass is 670 g/mol. The minimum absolute atomic E-state index is 0.0340.